The van der Waals surface area contributed by atoms with E-state index in [1.165, 1.54) is 24.3 Å². The molecule has 1 aromatic rings. The number of carbonyl (C=O) groups is 1. The number of hydrogen-bond acceptors (Lipinski definition) is 3. The Bertz CT molecular complexity index is 468. The van der Waals surface area contributed by atoms with Crippen molar-refractivity contribution in [1.29, 1.82) is 0 Å². The van der Waals surface area contributed by atoms with E-state index in [0.29, 0.717) is 5.56 Å². The van der Waals surface area contributed by atoms with Crippen molar-refractivity contribution in [3.05, 3.63) is 29.8 Å². The van der Waals surface area contributed by atoms with Crippen LogP contribution in [0.1, 0.15) is 24.8 Å². The van der Waals surface area contributed by atoms with Crippen LogP contribution in [0.5, 0.6) is 5.75 Å². The third-order valence-corrected chi connectivity index (χ3v) is 3.25. The molecular formula is C14H17F3N2O2. The van der Waals surface area contributed by atoms with Crippen molar-refractivity contribution in [3.63, 3.8) is 0 Å². The van der Waals surface area contributed by atoms with Gasteiger partial charge in [-0.3, -0.25) is 4.79 Å². The van der Waals surface area contributed by atoms with Crippen LogP contribution in [0.4, 0.5) is 13.2 Å². The number of piperidine rings is 1. The van der Waals surface area contributed by atoms with E-state index in [-0.39, 0.29) is 24.2 Å². The number of ether oxygens (including phenoxy) is 1. The third kappa shape index (κ3) is 5.26. The van der Waals surface area contributed by atoms with Gasteiger partial charge < -0.3 is 15.4 Å². The number of hydrogen-bond donors (Lipinski definition) is 2. The maximum atomic E-state index is 12.0. The van der Waals surface area contributed by atoms with Gasteiger partial charge in [0.1, 0.15) is 5.75 Å². The summed E-state index contributed by atoms with van der Waals surface area (Å²) in [6, 6.07) is 5.28. The molecule has 116 valence electrons. The van der Waals surface area contributed by atoms with Gasteiger partial charge in [-0.2, -0.15) is 0 Å². The average Bonchev–Trinajstić information content (AvgIpc) is 2.45. The Hall–Kier alpha value is -1.76. The van der Waals surface area contributed by atoms with Crippen molar-refractivity contribution in [2.45, 2.75) is 38.2 Å². The molecule has 0 radical (unpaired) electrons. The van der Waals surface area contributed by atoms with Gasteiger partial charge in [0.2, 0.25) is 5.91 Å². The van der Waals surface area contributed by atoms with Gasteiger partial charge in [0.25, 0.3) is 0 Å². The van der Waals surface area contributed by atoms with Crippen LogP contribution in [0.3, 0.4) is 0 Å². The molecule has 1 fully saturated rings. The molecule has 4 nitrogen and oxygen atoms in total. The highest BCUT2D eigenvalue weighted by molar-refractivity contribution is 5.81. The molecule has 0 aromatic heterocycles. The number of halogens is 3. The van der Waals surface area contributed by atoms with Crippen molar-refractivity contribution in [3.8, 4) is 5.75 Å². The van der Waals surface area contributed by atoms with Gasteiger partial charge in [-0.25, -0.2) is 0 Å². The van der Waals surface area contributed by atoms with Crippen LogP contribution in [0, 0.1) is 0 Å². The predicted molar refractivity (Wildman–Crippen MR) is 70.6 cm³/mol. The van der Waals surface area contributed by atoms with E-state index in [0.717, 1.165) is 25.8 Å². The molecule has 1 atom stereocenters. The molecule has 1 aliphatic rings. The fourth-order valence-electron chi connectivity index (χ4n) is 2.20. The Labute approximate surface area is 120 Å². The summed E-state index contributed by atoms with van der Waals surface area (Å²) < 4.78 is 39.8. The largest absolute Gasteiger partial charge is 0.573 e. The Morgan fingerprint density at radius 3 is 2.57 bits per heavy atom. The predicted octanol–water partition coefficient (Wildman–Crippen LogP) is 2.34. The monoisotopic (exact) mass is 302 g/mol. The molecule has 0 aliphatic carbocycles. The summed E-state index contributed by atoms with van der Waals surface area (Å²) in [7, 11) is 0. The SMILES string of the molecule is O=C(NCc1ccc(OC(F)(F)F)cc1)[C@@H]1CCCCN1. The van der Waals surface area contributed by atoms with Crippen LogP contribution >= 0.6 is 0 Å². The Morgan fingerprint density at radius 2 is 2.00 bits per heavy atom. The molecule has 0 bridgehead atoms. The normalized spacial score (nSPS) is 19.1. The molecule has 0 saturated carbocycles. The summed E-state index contributed by atoms with van der Waals surface area (Å²) in [6.45, 7) is 1.12. The third-order valence-electron chi connectivity index (χ3n) is 3.25. The first kappa shape index (κ1) is 15.6. The Kier molecular flexibility index (Phi) is 5.06. The Morgan fingerprint density at radius 1 is 1.29 bits per heavy atom. The first-order valence-corrected chi connectivity index (χ1v) is 6.80. The van der Waals surface area contributed by atoms with E-state index < -0.39 is 6.36 Å². The molecule has 1 aromatic carbocycles. The quantitative estimate of drug-likeness (QED) is 0.897. The van der Waals surface area contributed by atoms with Crippen LogP contribution in [0.25, 0.3) is 0 Å². The van der Waals surface area contributed by atoms with Crippen molar-refractivity contribution >= 4 is 5.91 Å². The summed E-state index contributed by atoms with van der Waals surface area (Å²) >= 11 is 0. The number of amides is 1. The highest BCUT2D eigenvalue weighted by Crippen LogP contribution is 2.22. The zero-order valence-electron chi connectivity index (χ0n) is 11.4. The van der Waals surface area contributed by atoms with Crippen LogP contribution in [0.15, 0.2) is 24.3 Å². The fourth-order valence-corrected chi connectivity index (χ4v) is 2.20. The van der Waals surface area contributed by atoms with Gasteiger partial charge in [0, 0.05) is 6.54 Å². The lowest BCUT2D eigenvalue weighted by atomic mass is 10.0. The van der Waals surface area contributed by atoms with Crippen LogP contribution in [-0.2, 0) is 11.3 Å². The van der Waals surface area contributed by atoms with Gasteiger partial charge in [-0.15, -0.1) is 13.2 Å². The molecule has 0 unspecified atom stereocenters. The first-order chi connectivity index (χ1) is 9.94. The molecule has 2 N–H and O–H groups in total. The summed E-state index contributed by atoms with van der Waals surface area (Å²) in [5.41, 5.74) is 0.716. The fraction of sp³-hybridized carbons (Fsp3) is 0.500. The topological polar surface area (TPSA) is 50.4 Å². The van der Waals surface area contributed by atoms with Crippen molar-refractivity contribution in [2.75, 3.05) is 6.54 Å². The summed E-state index contributed by atoms with van der Waals surface area (Å²) in [5.74, 6) is -0.350. The van der Waals surface area contributed by atoms with E-state index in [1.807, 2.05) is 0 Å². The van der Waals surface area contributed by atoms with Gasteiger partial charge >= 0.3 is 6.36 Å². The second-order valence-corrected chi connectivity index (χ2v) is 4.91. The molecule has 1 heterocycles. The second-order valence-electron chi connectivity index (χ2n) is 4.91. The summed E-state index contributed by atoms with van der Waals surface area (Å²) in [6.07, 6.45) is -1.79. The average molecular weight is 302 g/mol. The highest BCUT2D eigenvalue weighted by Gasteiger charge is 2.30. The van der Waals surface area contributed by atoms with Gasteiger partial charge in [-0.1, -0.05) is 18.6 Å². The van der Waals surface area contributed by atoms with Crippen LogP contribution in [-0.4, -0.2) is 24.9 Å². The zero-order chi connectivity index (χ0) is 15.3. The lowest BCUT2D eigenvalue weighted by Gasteiger charge is -2.22. The molecule has 1 aliphatic heterocycles. The highest BCUT2D eigenvalue weighted by atomic mass is 19.4. The van der Waals surface area contributed by atoms with Crippen molar-refractivity contribution in [2.24, 2.45) is 0 Å². The van der Waals surface area contributed by atoms with Crippen LogP contribution < -0.4 is 15.4 Å². The van der Waals surface area contributed by atoms with Gasteiger partial charge in [0.15, 0.2) is 0 Å². The zero-order valence-corrected chi connectivity index (χ0v) is 11.4. The van der Waals surface area contributed by atoms with E-state index in [9.17, 15) is 18.0 Å². The number of benzene rings is 1. The van der Waals surface area contributed by atoms with Crippen LogP contribution in [0.2, 0.25) is 0 Å². The Balaban J connectivity index is 1.81. The van der Waals surface area contributed by atoms with E-state index in [1.54, 1.807) is 0 Å². The van der Waals surface area contributed by atoms with E-state index in [4.69, 9.17) is 0 Å². The maximum Gasteiger partial charge on any atom is 0.573 e. The van der Waals surface area contributed by atoms with Gasteiger partial charge in [-0.05, 0) is 37.1 Å². The van der Waals surface area contributed by atoms with E-state index in [2.05, 4.69) is 15.4 Å². The minimum atomic E-state index is -4.69. The lowest BCUT2D eigenvalue weighted by Crippen LogP contribution is -2.46. The number of carbonyl (C=O) groups excluding carboxylic acids is 1. The molecule has 1 amide bonds. The molecule has 1 saturated heterocycles. The maximum absolute atomic E-state index is 12.0. The first-order valence-electron chi connectivity index (χ1n) is 6.80. The number of nitrogens with one attached hydrogen (secondary N) is 2. The lowest BCUT2D eigenvalue weighted by molar-refractivity contribution is -0.274. The molecule has 2 rings (SSSR count). The smallest absolute Gasteiger partial charge is 0.406 e. The van der Waals surface area contributed by atoms with Crippen molar-refractivity contribution < 1.29 is 22.7 Å². The van der Waals surface area contributed by atoms with Crippen molar-refractivity contribution in [1.82, 2.24) is 10.6 Å². The molecular weight excluding hydrogens is 285 g/mol. The minimum Gasteiger partial charge on any atom is -0.406 e. The summed E-state index contributed by atoms with van der Waals surface area (Å²) in [4.78, 5) is 11.9. The second kappa shape index (κ2) is 6.80. The standard InChI is InChI=1S/C14H17F3N2O2/c15-14(16,17)21-11-6-4-10(5-7-11)9-19-13(20)12-3-1-2-8-18-12/h4-7,12,18H,1-3,8-9H2,(H,19,20)/t12-/m0/s1. The number of rotatable bonds is 4. The summed E-state index contributed by atoms with van der Waals surface area (Å²) in [5, 5.41) is 5.90. The molecule has 7 heteroatoms. The molecule has 21 heavy (non-hydrogen) atoms. The molecule has 0 spiro atoms. The minimum absolute atomic E-state index is 0.0784. The van der Waals surface area contributed by atoms with E-state index >= 15 is 0 Å². The number of alkyl halides is 3. The van der Waals surface area contributed by atoms with Gasteiger partial charge in [0.05, 0.1) is 6.04 Å².